The number of rotatable bonds is 6. The first kappa shape index (κ1) is 12.7. The largest absolute Gasteiger partial charge is 0.495 e. The molecule has 1 aromatic rings. The molecule has 4 N–H and O–H groups in total. The summed E-state index contributed by atoms with van der Waals surface area (Å²) in [4.78, 5) is 11.6. The summed E-state index contributed by atoms with van der Waals surface area (Å²) in [7, 11) is 1.56. The number of hydrogen-bond acceptors (Lipinski definition) is 4. The SMILES string of the molecule is COc1ccc(NC(=O)CNCC2CC2)cc1N. The second-order valence-electron chi connectivity index (χ2n) is 4.58. The molecule has 1 aliphatic carbocycles. The summed E-state index contributed by atoms with van der Waals surface area (Å²) in [6.45, 7) is 1.26. The Morgan fingerprint density at radius 3 is 2.89 bits per heavy atom. The van der Waals surface area contributed by atoms with Crippen molar-refractivity contribution in [2.24, 2.45) is 5.92 Å². The number of ether oxygens (including phenoxy) is 1. The minimum Gasteiger partial charge on any atom is -0.495 e. The Hall–Kier alpha value is -1.75. The van der Waals surface area contributed by atoms with E-state index in [0.29, 0.717) is 23.7 Å². The summed E-state index contributed by atoms with van der Waals surface area (Å²) in [5.41, 5.74) is 6.97. The summed E-state index contributed by atoms with van der Waals surface area (Å²) in [5, 5.41) is 5.93. The molecule has 0 spiro atoms. The van der Waals surface area contributed by atoms with Gasteiger partial charge in [0.05, 0.1) is 19.3 Å². The van der Waals surface area contributed by atoms with Crippen LogP contribution in [0.5, 0.6) is 5.75 Å². The third-order valence-electron chi connectivity index (χ3n) is 2.93. The van der Waals surface area contributed by atoms with Gasteiger partial charge in [-0.3, -0.25) is 4.79 Å². The topological polar surface area (TPSA) is 76.4 Å². The van der Waals surface area contributed by atoms with Gasteiger partial charge in [0.1, 0.15) is 5.75 Å². The third kappa shape index (κ3) is 3.63. The van der Waals surface area contributed by atoms with Gasteiger partial charge in [0, 0.05) is 5.69 Å². The molecule has 18 heavy (non-hydrogen) atoms. The van der Waals surface area contributed by atoms with Gasteiger partial charge >= 0.3 is 0 Å². The number of hydrogen-bond donors (Lipinski definition) is 3. The van der Waals surface area contributed by atoms with Gasteiger partial charge in [-0.25, -0.2) is 0 Å². The molecule has 1 saturated carbocycles. The maximum absolute atomic E-state index is 11.6. The zero-order chi connectivity index (χ0) is 13.0. The zero-order valence-corrected chi connectivity index (χ0v) is 10.5. The summed E-state index contributed by atoms with van der Waals surface area (Å²) in [6.07, 6.45) is 2.56. The lowest BCUT2D eigenvalue weighted by Crippen LogP contribution is -2.29. The molecule has 1 fully saturated rings. The average Bonchev–Trinajstić information content (AvgIpc) is 3.13. The van der Waals surface area contributed by atoms with Crippen LogP contribution in [0.25, 0.3) is 0 Å². The fraction of sp³-hybridized carbons (Fsp3) is 0.462. The number of amides is 1. The predicted octanol–water partition coefficient (Wildman–Crippen LogP) is 1.22. The Morgan fingerprint density at radius 2 is 2.28 bits per heavy atom. The highest BCUT2D eigenvalue weighted by Gasteiger charge is 2.20. The standard InChI is InChI=1S/C13H19N3O2/c1-18-12-5-4-10(6-11(12)14)16-13(17)8-15-7-9-2-3-9/h4-6,9,15H,2-3,7-8,14H2,1H3,(H,16,17). The minimum absolute atomic E-state index is 0.0554. The van der Waals surface area contributed by atoms with Crippen molar-refractivity contribution in [3.05, 3.63) is 18.2 Å². The van der Waals surface area contributed by atoms with E-state index in [9.17, 15) is 4.79 Å². The number of carbonyl (C=O) groups excluding carboxylic acids is 1. The van der Waals surface area contributed by atoms with Crippen LogP contribution in [0.1, 0.15) is 12.8 Å². The van der Waals surface area contributed by atoms with E-state index in [1.165, 1.54) is 12.8 Å². The van der Waals surface area contributed by atoms with Gasteiger partial charge in [-0.1, -0.05) is 0 Å². The van der Waals surface area contributed by atoms with Crippen LogP contribution < -0.4 is 21.1 Å². The second-order valence-corrected chi connectivity index (χ2v) is 4.58. The maximum Gasteiger partial charge on any atom is 0.238 e. The molecule has 0 aliphatic heterocycles. The van der Waals surface area contributed by atoms with Gasteiger partial charge < -0.3 is 21.1 Å². The molecule has 0 atom stereocenters. The molecule has 0 aromatic heterocycles. The van der Waals surface area contributed by atoms with E-state index in [1.807, 2.05) is 0 Å². The van der Waals surface area contributed by atoms with Crippen molar-refractivity contribution in [2.75, 3.05) is 31.2 Å². The molecule has 0 heterocycles. The van der Waals surface area contributed by atoms with Crippen molar-refractivity contribution >= 4 is 17.3 Å². The molecule has 1 aliphatic rings. The van der Waals surface area contributed by atoms with Crippen molar-refractivity contribution < 1.29 is 9.53 Å². The molecule has 2 rings (SSSR count). The molecule has 0 bridgehead atoms. The number of nitrogens with two attached hydrogens (primary N) is 1. The number of anilines is 2. The average molecular weight is 249 g/mol. The number of nitrogens with one attached hydrogen (secondary N) is 2. The van der Waals surface area contributed by atoms with Crippen LogP contribution >= 0.6 is 0 Å². The monoisotopic (exact) mass is 249 g/mol. The first-order chi connectivity index (χ1) is 8.69. The molecule has 0 unspecified atom stereocenters. The summed E-state index contributed by atoms with van der Waals surface area (Å²) >= 11 is 0. The predicted molar refractivity (Wildman–Crippen MR) is 71.6 cm³/mol. The highest BCUT2D eigenvalue weighted by Crippen LogP contribution is 2.27. The molecule has 0 radical (unpaired) electrons. The number of carbonyl (C=O) groups is 1. The first-order valence-corrected chi connectivity index (χ1v) is 6.13. The van der Waals surface area contributed by atoms with Crippen LogP contribution in [-0.2, 0) is 4.79 Å². The van der Waals surface area contributed by atoms with E-state index in [0.717, 1.165) is 12.5 Å². The molecular weight excluding hydrogens is 230 g/mol. The normalized spacial score (nSPS) is 14.3. The summed E-state index contributed by atoms with van der Waals surface area (Å²) in [6, 6.07) is 5.20. The third-order valence-corrected chi connectivity index (χ3v) is 2.93. The lowest BCUT2D eigenvalue weighted by atomic mass is 10.2. The number of benzene rings is 1. The van der Waals surface area contributed by atoms with E-state index in [1.54, 1.807) is 25.3 Å². The maximum atomic E-state index is 11.6. The highest BCUT2D eigenvalue weighted by molar-refractivity contribution is 5.92. The summed E-state index contributed by atoms with van der Waals surface area (Å²) < 4.78 is 5.05. The Kier molecular flexibility index (Phi) is 4.04. The smallest absolute Gasteiger partial charge is 0.238 e. The van der Waals surface area contributed by atoms with Gasteiger partial charge in [0.2, 0.25) is 5.91 Å². The van der Waals surface area contributed by atoms with Crippen LogP contribution in [0.2, 0.25) is 0 Å². The van der Waals surface area contributed by atoms with Gasteiger partial charge in [0.25, 0.3) is 0 Å². The molecular formula is C13H19N3O2. The minimum atomic E-state index is -0.0554. The van der Waals surface area contributed by atoms with Crippen molar-refractivity contribution in [3.8, 4) is 5.75 Å². The number of methoxy groups -OCH3 is 1. The zero-order valence-electron chi connectivity index (χ0n) is 10.5. The van der Waals surface area contributed by atoms with E-state index >= 15 is 0 Å². The quantitative estimate of drug-likeness (QED) is 0.662. The Balaban J connectivity index is 1.80. The second kappa shape index (κ2) is 5.73. The van der Waals surface area contributed by atoms with Crippen LogP contribution in [-0.4, -0.2) is 26.1 Å². The van der Waals surface area contributed by atoms with E-state index in [2.05, 4.69) is 10.6 Å². The van der Waals surface area contributed by atoms with E-state index in [4.69, 9.17) is 10.5 Å². The molecule has 5 nitrogen and oxygen atoms in total. The highest BCUT2D eigenvalue weighted by atomic mass is 16.5. The molecule has 5 heteroatoms. The van der Waals surface area contributed by atoms with Crippen molar-refractivity contribution in [2.45, 2.75) is 12.8 Å². The fourth-order valence-electron chi connectivity index (χ4n) is 1.73. The van der Waals surface area contributed by atoms with Crippen molar-refractivity contribution in [3.63, 3.8) is 0 Å². The van der Waals surface area contributed by atoms with Gasteiger partial charge in [-0.15, -0.1) is 0 Å². The van der Waals surface area contributed by atoms with Gasteiger partial charge in [0.15, 0.2) is 0 Å². The lowest BCUT2D eigenvalue weighted by molar-refractivity contribution is -0.115. The first-order valence-electron chi connectivity index (χ1n) is 6.13. The Labute approximate surface area is 107 Å². The molecule has 0 saturated heterocycles. The van der Waals surface area contributed by atoms with Crippen LogP contribution in [0.15, 0.2) is 18.2 Å². The lowest BCUT2D eigenvalue weighted by Gasteiger charge is -2.09. The Bertz CT molecular complexity index is 430. The Morgan fingerprint density at radius 1 is 1.50 bits per heavy atom. The van der Waals surface area contributed by atoms with E-state index < -0.39 is 0 Å². The van der Waals surface area contributed by atoms with Crippen LogP contribution in [0, 0.1) is 5.92 Å². The van der Waals surface area contributed by atoms with E-state index in [-0.39, 0.29) is 5.91 Å². The van der Waals surface area contributed by atoms with Gasteiger partial charge in [-0.05, 0) is 43.5 Å². The van der Waals surface area contributed by atoms with Crippen molar-refractivity contribution in [1.82, 2.24) is 5.32 Å². The molecule has 1 aromatic carbocycles. The summed E-state index contributed by atoms with van der Waals surface area (Å²) in [5.74, 6) is 1.33. The van der Waals surface area contributed by atoms with Gasteiger partial charge in [-0.2, -0.15) is 0 Å². The molecule has 98 valence electrons. The van der Waals surface area contributed by atoms with Crippen LogP contribution in [0.3, 0.4) is 0 Å². The fourth-order valence-corrected chi connectivity index (χ4v) is 1.73. The number of nitrogen functional groups attached to an aromatic ring is 1. The van der Waals surface area contributed by atoms with Crippen molar-refractivity contribution in [1.29, 1.82) is 0 Å². The van der Waals surface area contributed by atoms with Crippen LogP contribution in [0.4, 0.5) is 11.4 Å². The molecule has 1 amide bonds.